The molecular formula is C20H20ClN3O3. The fourth-order valence-corrected chi connectivity index (χ4v) is 2.84. The first kappa shape index (κ1) is 18.8. The number of amides is 1. The number of benzene rings is 2. The summed E-state index contributed by atoms with van der Waals surface area (Å²) in [6.07, 6.45) is 3.86. The summed E-state index contributed by atoms with van der Waals surface area (Å²) >= 11 is 5.87. The van der Waals surface area contributed by atoms with E-state index in [9.17, 15) is 4.79 Å². The van der Waals surface area contributed by atoms with Gasteiger partial charge in [0.2, 0.25) is 0 Å². The van der Waals surface area contributed by atoms with Crippen LogP contribution in [0.2, 0.25) is 5.02 Å². The van der Waals surface area contributed by atoms with Crippen molar-refractivity contribution in [3.63, 3.8) is 0 Å². The summed E-state index contributed by atoms with van der Waals surface area (Å²) in [5, 5.41) is 5.67. The third-order valence-corrected chi connectivity index (χ3v) is 4.24. The SMILES string of the molecule is COC(=O)NN=Cc1cn(CCCOc2ccc(Cl)cc2)c2ccccc12. The van der Waals surface area contributed by atoms with Crippen LogP contribution in [0.4, 0.5) is 4.79 Å². The smallest absolute Gasteiger partial charge is 0.427 e. The maximum absolute atomic E-state index is 11.1. The summed E-state index contributed by atoms with van der Waals surface area (Å²) in [4.78, 5) is 11.1. The lowest BCUT2D eigenvalue weighted by atomic mass is 10.2. The minimum Gasteiger partial charge on any atom is -0.494 e. The zero-order valence-electron chi connectivity index (χ0n) is 14.9. The molecule has 0 fully saturated rings. The number of para-hydroxylation sites is 1. The van der Waals surface area contributed by atoms with Gasteiger partial charge >= 0.3 is 6.09 Å². The lowest BCUT2D eigenvalue weighted by molar-refractivity contribution is 0.171. The number of ether oxygens (including phenoxy) is 2. The second-order valence-corrected chi connectivity index (χ2v) is 6.25. The van der Waals surface area contributed by atoms with Gasteiger partial charge in [0.05, 0.1) is 19.9 Å². The van der Waals surface area contributed by atoms with E-state index < -0.39 is 6.09 Å². The number of nitrogens with zero attached hydrogens (tertiary/aromatic N) is 2. The van der Waals surface area contributed by atoms with Gasteiger partial charge in [-0.25, -0.2) is 10.2 Å². The highest BCUT2D eigenvalue weighted by atomic mass is 35.5. The van der Waals surface area contributed by atoms with Crippen molar-refractivity contribution in [2.24, 2.45) is 5.10 Å². The maximum Gasteiger partial charge on any atom is 0.427 e. The van der Waals surface area contributed by atoms with Crippen LogP contribution in [0, 0.1) is 0 Å². The number of hydrogen-bond acceptors (Lipinski definition) is 4. The molecule has 1 amide bonds. The Morgan fingerprint density at radius 3 is 2.78 bits per heavy atom. The number of halogens is 1. The maximum atomic E-state index is 11.1. The van der Waals surface area contributed by atoms with Gasteiger partial charge in [-0.05, 0) is 36.8 Å². The van der Waals surface area contributed by atoms with Crippen LogP contribution in [-0.2, 0) is 11.3 Å². The second-order valence-electron chi connectivity index (χ2n) is 5.81. The number of hydrazone groups is 1. The molecule has 27 heavy (non-hydrogen) atoms. The van der Waals surface area contributed by atoms with E-state index in [2.05, 4.69) is 25.9 Å². The molecule has 140 valence electrons. The van der Waals surface area contributed by atoms with Gasteiger partial charge in [0, 0.05) is 34.2 Å². The number of rotatable bonds is 7. The molecule has 0 saturated heterocycles. The number of aromatic nitrogens is 1. The quantitative estimate of drug-likeness (QED) is 0.371. The predicted molar refractivity (Wildman–Crippen MR) is 107 cm³/mol. The molecule has 1 N–H and O–H groups in total. The third kappa shape index (κ3) is 5.01. The van der Waals surface area contributed by atoms with Crippen LogP contribution < -0.4 is 10.2 Å². The van der Waals surface area contributed by atoms with Crippen LogP contribution in [-0.4, -0.2) is 30.6 Å². The summed E-state index contributed by atoms with van der Waals surface area (Å²) in [7, 11) is 1.29. The van der Waals surface area contributed by atoms with E-state index >= 15 is 0 Å². The number of carbonyl (C=O) groups excluding carboxylic acids is 1. The molecule has 0 radical (unpaired) electrons. The van der Waals surface area contributed by atoms with E-state index in [1.165, 1.54) is 7.11 Å². The summed E-state index contributed by atoms with van der Waals surface area (Å²) in [6, 6.07) is 15.4. The fraction of sp³-hybridized carbons (Fsp3) is 0.200. The van der Waals surface area contributed by atoms with E-state index in [1.54, 1.807) is 6.21 Å². The summed E-state index contributed by atoms with van der Waals surface area (Å²) in [5.74, 6) is 0.804. The van der Waals surface area contributed by atoms with Gasteiger partial charge in [0.15, 0.2) is 0 Å². The van der Waals surface area contributed by atoms with E-state index in [4.69, 9.17) is 16.3 Å². The molecule has 0 aliphatic rings. The molecule has 0 spiro atoms. The van der Waals surface area contributed by atoms with Gasteiger partial charge in [0.25, 0.3) is 0 Å². The molecule has 0 saturated carbocycles. The minimum atomic E-state index is -0.602. The molecule has 0 bridgehead atoms. The Balaban J connectivity index is 1.63. The Hall–Kier alpha value is -2.99. The molecule has 6 nitrogen and oxygen atoms in total. The van der Waals surface area contributed by atoms with E-state index in [-0.39, 0.29) is 0 Å². The fourth-order valence-electron chi connectivity index (χ4n) is 2.72. The Bertz CT molecular complexity index is 935. The molecule has 3 aromatic rings. The van der Waals surface area contributed by atoms with Gasteiger partial charge in [0.1, 0.15) is 5.75 Å². The van der Waals surface area contributed by atoms with Crippen molar-refractivity contribution in [2.45, 2.75) is 13.0 Å². The number of fused-ring (bicyclic) bond motifs is 1. The first-order valence-electron chi connectivity index (χ1n) is 8.50. The monoisotopic (exact) mass is 385 g/mol. The first-order chi connectivity index (χ1) is 13.2. The van der Waals surface area contributed by atoms with Crippen molar-refractivity contribution in [1.29, 1.82) is 0 Å². The van der Waals surface area contributed by atoms with Crippen LogP contribution in [0.15, 0.2) is 59.8 Å². The van der Waals surface area contributed by atoms with Gasteiger partial charge in [-0.1, -0.05) is 29.8 Å². The van der Waals surface area contributed by atoms with E-state index in [0.717, 1.165) is 35.2 Å². The summed E-state index contributed by atoms with van der Waals surface area (Å²) in [5.41, 5.74) is 4.32. The molecule has 0 aliphatic carbocycles. The molecule has 0 atom stereocenters. The Kier molecular flexibility index (Phi) is 6.33. The highest BCUT2D eigenvalue weighted by Gasteiger charge is 2.07. The van der Waals surface area contributed by atoms with Crippen LogP contribution in [0.25, 0.3) is 10.9 Å². The highest BCUT2D eigenvalue weighted by Crippen LogP contribution is 2.21. The molecule has 2 aromatic carbocycles. The highest BCUT2D eigenvalue weighted by molar-refractivity contribution is 6.30. The van der Waals surface area contributed by atoms with Crippen LogP contribution in [0.5, 0.6) is 5.75 Å². The molecule has 7 heteroatoms. The number of methoxy groups -OCH3 is 1. The lowest BCUT2D eigenvalue weighted by Gasteiger charge is -2.08. The van der Waals surface area contributed by atoms with Gasteiger partial charge in [-0.3, -0.25) is 0 Å². The van der Waals surface area contributed by atoms with Gasteiger partial charge in [-0.15, -0.1) is 0 Å². The molecule has 1 aromatic heterocycles. The second kappa shape index (κ2) is 9.09. The van der Waals surface area contributed by atoms with E-state index in [0.29, 0.717) is 11.6 Å². The molecule has 0 aliphatic heterocycles. The Labute approximate surface area is 162 Å². The van der Waals surface area contributed by atoms with Crippen LogP contribution in [0.1, 0.15) is 12.0 Å². The summed E-state index contributed by atoms with van der Waals surface area (Å²) < 4.78 is 12.4. The zero-order valence-corrected chi connectivity index (χ0v) is 15.6. The van der Waals surface area contributed by atoms with Crippen molar-refractivity contribution in [2.75, 3.05) is 13.7 Å². The van der Waals surface area contributed by atoms with Gasteiger partial charge in [-0.2, -0.15) is 5.10 Å². The average Bonchev–Trinajstić information content (AvgIpc) is 3.04. The first-order valence-corrected chi connectivity index (χ1v) is 8.88. The van der Waals surface area contributed by atoms with Crippen molar-refractivity contribution < 1.29 is 14.3 Å². The largest absolute Gasteiger partial charge is 0.494 e. The Morgan fingerprint density at radius 2 is 2.00 bits per heavy atom. The molecule has 1 heterocycles. The topological polar surface area (TPSA) is 64.8 Å². The normalized spacial score (nSPS) is 11.0. The van der Waals surface area contributed by atoms with Crippen LogP contribution >= 0.6 is 11.6 Å². The van der Waals surface area contributed by atoms with Gasteiger partial charge < -0.3 is 14.0 Å². The number of hydrogen-bond donors (Lipinski definition) is 1. The van der Waals surface area contributed by atoms with E-state index in [1.807, 2.05) is 48.7 Å². The van der Waals surface area contributed by atoms with Crippen molar-refractivity contribution in [3.05, 3.63) is 65.3 Å². The average molecular weight is 386 g/mol. The van der Waals surface area contributed by atoms with Crippen LogP contribution in [0.3, 0.4) is 0 Å². The number of nitrogens with one attached hydrogen (secondary N) is 1. The summed E-state index contributed by atoms with van der Waals surface area (Å²) in [6.45, 7) is 1.40. The Morgan fingerprint density at radius 1 is 1.22 bits per heavy atom. The molecular weight excluding hydrogens is 366 g/mol. The zero-order chi connectivity index (χ0) is 19.1. The van der Waals surface area contributed by atoms with Crippen molar-refractivity contribution in [3.8, 4) is 5.75 Å². The van der Waals surface area contributed by atoms with Crippen molar-refractivity contribution in [1.82, 2.24) is 9.99 Å². The van der Waals surface area contributed by atoms with Crippen molar-refractivity contribution >= 4 is 34.8 Å². The molecule has 3 rings (SSSR count). The minimum absolute atomic E-state index is 0.599. The number of aryl methyl sites for hydroxylation is 1. The third-order valence-electron chi connectivity index (χ3n) is 3.99. The predicted octanol–water partition coefficient (Wildman–Crippen LogP) is 4.45. The molecule has 0 unspecified atom stereocenters. The number of carbonyl (C=O) groups is 1. The standard InChI is InChI=1S/C20H20ClN3O3/c1-26-20(25)23-22-13-15-14-24(19-6-3-2-5-18(15)19)11-4-12-27-17-9-7-16(21)8-10-17/h2-3,5-10,13-14H,4,11-12H2,1H3,(H,23,25). The lowest BCUT2D eigenvalue weighted by Crippen LogP contribution is -2.16.